The van der Waals surface area contributed by atoms with Crippen molar-refractivity contribution >= 4 is 12.1 Å². The maximum atomic E-state index is 12.5. The Bertz CT molecular complexity index is 862. The van der Waals surface area contributed by atoms with Crippen LogP contribution in [0.2, 0.25) is 0 Å². The van der Waals surface area contributed by atoms with Crippen LogP contribution in [0, 0.1) is 0 Å². The molecule has 0 radical (unpaired) electrons. The van der Waals surface area contributed by atoms with Gasteiger partial charge in [-0.1, -0.05) is 54.6 Å². The van der Waals surface area contributed by atoms with Gasteiger partial charge in [0.15, 0.2) is 0 Å². The predicted molar refractivity (Wildman–Crippen MR) is 113 cm³/mol. The fraction of sp³-hybridized carbons (Fsp3) is 0.333. The van der Waals surface area contributed by atoms with Gasteiger partial charge in [-0.2, -0.15) is 0 Å². The molecule has 2 aromatic carbocycles. The quantitative estimate of drug-likeness (QED) is 0.397. The number of rotatable bonds is 8. The maximum Gasteiger partial charge on any atom is 0.408 e. The van der Waals surface area contributed by atoms with Gasteiger partial charge in [0.05, 0.1) is 7.11 Å². The van der Waals surface area contributed by atoms with Crippen molar-refractivity contribution in [3.63, 3.8) is 0 Å². The van der Waals surface area contributed by atoms with Gasteiger partial charge in [-0.15, -0.1) is 6.58 Å². The Morgan fingerprint density at radius 2 is 1.69 bits per heavy atom. The van der Waals surface area contributed by atoms with Gasteiger partial charge in [0.1, 0.15) is 12.1 Å². The van der Waals surface area contributed by atoms with Crippen LogP contribution < -0.4 is 5.32 Å². The summed E-state index contributed by atoms with van der Waals surface area (Å²) in [4.78, 5) is 24.8. The second-order valence-electron chi connectivity index (χ2n) is 7.46. The highest BCUT2D eigenvalue weighted by Gasteiger charge is 2.36. The molecule has 1 aliphatic rings. The molecular formula is C24H27NO4. The number of alkyl carbamates (subject to hydrolysis) is 1. The number of amides is 1. The van der Waals surface area contributed by atoms with Gasteiger partial charge in [0.25, 0.3) is 0 Å². The first-order chi connectivity index (χ1) is 14.0. The van der Waals surface area contributed by atoms with Crippen LogP contribution >= 0.6 is 0 Å². The van der Waals surface area contributed by atoms with Gasteiger partial charge in [0, 0.05) is 5.92 Å². The highest BCUT2D eigenvalue weighted by molar-refractivity contribution is 5.85. The molecule has 0 heterocycles. The molecule has 0 bridgehead atoms. The molecule has 0 spiro atoms. The lowest BCUT2D eigenvalue weighted by Crippen LogP contribution is -2.53. The molecule has 5 heteroatoms. The topological polar surface area (TPSA) is 64.6 Å². The predicted octanol–water partition coefficient (Wildman–Crippen LogP) is 4.81. The van der Waals surface area contributed by atoms with E-state index in [0.29, 0.717) is 12.8 Å². The van der Waals surface area contributed by atoms with Crippen LogP contribution in [0.25, 0.3) is 11.1 Å². The van der Waals surface area contributed by atoms with Gasteiger partial charge >= 0.3 is 12.1 Å². The van der Waals surface area contributed by atoms with Crippen molar-refractivity contribution in [1.29, 1.82) is 0 Å². The smallest absolute Gasteiger partial charge is 0.408 e. The summed E-state index contributed by atoms with van der Waals surface area (Å²) in [6.07, 6.45) is 3.05. The molecule has 1 amide bonds. The highest BCUT2D eigenvalue weighted by Crippen LogP contribution is 2.44. The van der Waals surface area contributed by atoms with E-state index < -0.39 is 17.6 Å². The lowest BCUT2D eigenvalue weighted by atomic mass is 9.95. The number of carbonyl (C=O) groups is 2. The van der Waals surface area contributed by atoms with Crippen molar-refractivity contribution in [2.24, 2.45) is 0 Å². The van der Waals surface area contributed by atoms with Gasteiger partial charge in [0.2, 0.25) is 0 Å². The van der Waals surface area contributed by atoms with E-state index in [2.05, 4.69) is 36.2 Å². The second-order valence-corrected chi connectivity index (χ2v) is 7.46. The van der Waals surface area contributed by atoms with E-state index in [1.54, 1.807) is 13.0 Å². The van der Waals surface area contributed by atoms with E-state index in [4.69, 9.17) is 9.47 Å². The Morgan fingerprint density at radius 3 is 2.24 bits per heavy atom. The van der Waals surface area contributed by atoms with Gasteiger partial charge in [-0.05, 0) is 48.4 Å². The van der Waals surface area contributed by atoms with Crippen LogP contribution in [0.15, 0.2) is 61.2 Å². The first-order valence-electron chi connectivity index (χ1n) is 9.82. The maximum absolute atomic E-state index is 12.5. The lowest BCUT2D eigenvalue weighted by molar-refractivity contribution is -0.148. The van der Waals surface area contributed by atoms with E-state index in [9.17, 15) is 9.59 Å². The largest absolute Gasteiger partial charge is 0.467 e. The molecule has 1 N–H and O–H groups in total. The van der Waals surface area contributed by atoms with E-state index in [-0.39, 0.29) is 12.5 Å². The fourth-order valence-electron chi connectivity index (χ4n) is 3.90. The molecule has 5 nitrogen and oxygen atoms in total. The number of unbranched alkanes of at least 4 members (excludes halogenated alkanes) is 1. The van der Waals surface area contributed by atoms with Crippen molar-refractivity contribution in [2.45, 2.75) is 37.6 Å². The highest BCUT2D eigenvalue weighted by atomic mass is 16.6. The Hall–Kier alpha value is -3.08. The third-order valence-corrected chi connectivity index (χ3v) is 5.44. The molecule has 3 rings (SSSR count). The molecule has 1 atom stereocenters. The summed E-state index contributed by atoms with van der Waals surface area (Å²) >= 11 is 0. The van der Waals surface area contributed by atoms with Crippen molar-refractivity contribution in [2.75, 3.05) is 13.7 Å². The minimum atomic E-state index is -1.14. The summed E-state index contributed by atoms with van der Waals surface area (Å²) in [5, 5.41) is 2.70. The van der Waals surface area contributed by atoms with Crippen LogP contribution in [-0.4, -0.2) is 31.3 Å². The normalized spacial score (nSPS) is 14.3. The zero-order valence-corrected chi connectivity index (χ0v) is 16.9. The minimum Gasteiger partial charge on any atom is -0.467 e. The van der Waals surface area contributed by atoms with Crippen LogP contribution in [0.5, 0.6) is 0 Å². The fourth-order valence-corrected chi connectivity index (χ4v) is 3.90. The van der Waals surface area contributed by atoms with E-state index in [1.807, 2.05) is 24.3 Å². The van der Waals surface area contributed by atoms with Crippen molar-refractivity contribution < 1.29 is 19.1 Å². The molecule has 2 aromatic rings. The van der Waals surface area contributed by atoms with E-state index >= 15 is 0 Å². The molecule has 1 aliphatic carbocycles. The molecule has 0 saturated heterocycles. The van der Waals surface area contributed by atoms with Crippen molar-refractivity contribution in [3.05, 3.63) is 72.3 Å². The molecule has 0 fully saturated rings. The Kier molecular flexibility index (Phi) is 6.37. The molecule has 0 aromatic heterocycles. The first-order valence-corrected chi connectivity index (χ1v) is 9.82. The van der Waals surface area contributed by atoms with Gasteiger partial charge < -0.3 is 14.8 Å². The van der Waals surface area contributed by atoms with Crippen molar-refractivity contribution in [3.8, 4) is 11.1 Å². The summed E-state index contributed by atoms with van der Waals surface area (Å²) in [5.41, 5.74) is 3.48. The third-order valence-electron chi connectivity index (χ3n) is 5.44. The number of fused-ring (bicyclic) bond motifs is 3. The molecule has 0 saturated carbocycles. The SMILES string of the molecule is C=CCCCC(C)(NC(=O)OCC1c2ccccc2-c2ccccc21)C(=O)OC. The van der Waals surface area contributed by atoms with Crippen LogP contribution in [0.1, 0.15) is 43.2 Å². The van der Waals surface area contributed by atoms with Gasteiger partial charge in [-0.3, -0.25) is 0 Å². The average Bonchev–Trinajstić information content (AvgIpc) is 3.05. The van der Waals surface area contributed by atoms with E-state index in [1.165, 1.54) is 18.2 Å². The Morgan fingerprint density at radius 1 is 1.10 bits per heavy atom. The number of methoxy groups -OCH3 is 1. The first kappa shape index (κ1) is 20.6. The monoisotopic (exact) mass is 393 g/mol. The zero-order chi connectivity index (χ0) is 20.9. The number of nitrogens with one attached hydrogen (secondary N) is 1. The molecular weight excluding hydrogens is 366 g/mol. The number of ether oxygens (including phenoxy) is 2. The number of esters is 1. The second kappa shape index (κ2) is 8.95. The summed E-state index contributed by atoms with van der Waals surface area (Å²) in [6.45, 7) is 5.54. The summed E-state index contributed by atoms with van der Waals surface area (Å²) < 4.78 is 10.4. The number of hydrogen-bond acceptors (Lipinski definition) is 4. The summed E-state index contributed by atoms with van der Waals surface area (Å²) in [7, 11) is 1.31. The molecule has 1 unspecified atom stereocenters. The number of carbonyl (C=O) groups excluding carboxylic acids is 2. The molecule has 29 heavy (non-hydrogen) atoms. The number of allylic oxidation sites excluding steroid dienone is 1. The van der Waals surface area contributed by atoms with E-state index in [0.717, 1.165) is 17.5 Å². The number of hydrogen-bond donors (Lipinski definition) is 1. The van der Waals surface area contributed by atoms with Crippen molar-refractivity contribution in [1.82, 2.24) is 5.32 Å². The average molecular weight is 393 g/mol. The van der Waals surface area contributed by atoms with Crippen LogP contribution in [0.4, 0.5) is 4.79 Å². The Balaban J connectivity index is 1.70. The number of benzene rings is 2. The Labute approximate surface area is 171 Å². The van der Waals surface area contributed by atoms with Gasteiger partial charge in [-0.25, -0.2) is 9.59 Å². The van der Waals surface area contributed by atoms with Crippen LogP contribution in [-0.2, 0) is 14.3 Å². The molecule has 152 valence electrons. The third kappa shape index (κ3) is 4.34. The van der Waals surface area contributed by atoms with Crippen LogP contribution in [0.3, 0.4) is 0 Å². The standard InChI is InChI=1S/C24H27NO4/c1-4-5-10-15-24(2,22(26)28-3)25-23(27)29-16-21-19-13-8-6-11-17(19)18-12-7-9-14-20(18)21/h4,6-9,11-14,21H,1,5,10,15-16H2,2-3H3,(H,25,27). The summed E-state index contributed by atoms with van der Waals surface area (Å²) in [5.74, 6) is -0.520. The summed E-state index contributed by atoms with van der Waals surface area (Å²) in [6, 6.07) is 16.3. The lowest BCUT2D eigenvalue weighted by Gasteiger charge is -2.27. The zero-order valence-electron chi connectivity index (χ0n) is 16.9. The minimum absolute atomic E-state index is 0.0294. The molecule has 0 aliphatic heterocycles.